The third-order valence-corrected chi connectivity index (χ3v) is 3.28. The molecule has 120 valence electrons. The van der Waals surface area contributed by atoms with Gasteiger partial charge in [0.15, 0.2) is 5.82 Å². The van der Waals surface area contributed by atoms with Crippen LogP contribution in [-0.4, -0.2) is 27.3 Å². The Kier molecular flexibility index (Phi) is 4.71. The lowest BCUT2D eigenvalue weighted by Gasteiger charge is -2.14. The Bertz CT molecular complexity index is 770. The predicted octanol–water partition coefficient (Wildman–Crippen LogP) is 3.25. The van der Waals surface area contributed by atoms with Gasteiger partial charge in [0.05, 0.1) is 22.7 Å². The van der Waals surface area contributed by atoms with Crippen LogP contribution in [0.1, 0.15) is 15.9 Å². The topological polar surface area (TPSA) is 107 Å². The van der Waals surface area contributed by atoms with Gasteiger partial charge in [-0.05, 0) is 23.8 Å². The molecule has 0 atom stereocenters. The van der Waals surface area contributed by atoms with Crippen molar-refractivity contribution in [3.8, 4) is 5.75 Å². The highest BCUT2D eigenvalue weighted by atomic mass is 35.5. The summed E-state index contributed by atoms with van der Waals surface area (Å²) in [6.45, 7) is 0. The van der Waals surface area contributed by atoms with Gasteiger partial charge in [-0.1, -0.05) is 11.6 Å². The molecular formula is C15H11ClFNO5. The average Bonchev–Trinajstić information content (AvgIpc) is 2.43. The number of anilines is 2. The van der Waals surface area contributed by atoms with Gasteiger partial charge >= 0.3 is 11.9 Å². The Morgan fingerprint density at radius 1 is 1.17 bits per heavy atom. The Labute approximate surface area is 134 Å². The summed E-state index contributed by atoms with van der Waals surface area (Å²) < 4.78 is 13.9. The third-order valence-electron chi connectivity index (χ3n) is 2.98. The van der Waals surface area contributed by atoms with Gasteiger partial charge < -0.3 is 20.6 Å². The summed E-state index contributed by atoms with van der Waals surface area (Å²) in [5, 5.41) is 29.7. The number of phenols is 1. The van der Waals surface area contributed by atoms with E-state index in [2.05, 4.69) is 5.32 Å². The van der Waals surface area contributed by atoms with Crippen molar-refractivity contribution < 1.29 is 29.3 Å². The number of aromatic carboxylic acids is 1. The van der Waals surface area contributed by atoms with E-state index >= 15 is 0 Å². The van der Waals surface area contributed by atoms with Crippen LogP contribution >= 0.6 is 11.6 Å². The van der Waals surface area contributed by atoms with Crippen LogP contribution in [0, 0.1) is 5.82 Å². The molecule has 0 unspecified atom stereocenters. The Morgan fingerprint density at radius 2 is 1.87 bits per heavy atom. The van der Waals surface area contributed by atoms with Gasteiger partial charge in [-0.3, -0.25) is 4.79 Å². The minimum Gasteiger partial charge on any atom is -0.508 e. The first-order valence-electron chi connectivity index (χ1n) is 6.31. The monoisotopic (exact) mass is 339 g/mol. The number of rotatable bonds is 5. The van der Waals surface area contributed by atoms with Crippen molar-refractivity contribution in [2.45, 2.75) is 6.42 Å². The van der Waals surface area contributed by atoms with E-state index in [4.69, 9.17) is 21.8 Å². The molecule has 2 aromatic rings. The molecular weight excluding hydrogens is 329 g/mol. The quantitative estimate of drug-likeness (QED) is 0.623. The van der Waals surface area contributed by atoms with E-state index < -0.39 is 24.2 Å². The van der Waals surface area contributed by atoms with Gasteiger partial charge in [-0.2, -0.15) is 0 Å². The lowest BCUT2D eigenvalue weighted by atomic mass is 10.1. The molecule has 0 amide bonds. The van der Waals surface area contributed by atoms with Crippen LogP contribution in [0.25, 0.3) is 0 Å². The minimum absolute atomic E-state index is 0.0934. The zero-order valence-electron chi connectivity index (χ0n) is 11.5. The van der Waals surface area contributed by atoms with Gasteiger partial charge in [-0.25, -0.2) is 9.18 Å². The maximum absolute atomic E-state index is 13.9. The summed E-state index contributed by atoms with van der Waals surface area (Å²) in [5.41, 5.74) is 0.105. The molecule has 6 nitrogen and oxygen atoms in total. The van der Waals surface area contributed by atoms with E-state index in [1.54, 1.807) is 0 Å². The maximum Gasteiger partial charge on any atom is 0.335 e. The molecule has 0 aliphatic carbocycles. The third kappa shape index (κ3) is 3.89. The molecule has 0 heterocycles. The normalized spacial score (nSPS) is 10.3. The average molecular weight is 340 g/mol. The van der Waals surface area contributed by atoms with Crippen molar-refractivity contribution in [3.63, 3.8) is 0 Å². The molecule has 2 aromatic carbocycles. The number of halogens is 2. The molecule has 0 aliphatic rings. The molecule has 0 fully saturated rings. The molecule has 0 radical (unpaired) electrons. The second-order valence-corrected chi connectivity index (χ2v) is 5.06. The number of carboxylic acid groups (broad SMARTS) is 2. The number of hydrogen-bond acceptors (Lipinski definition) is 4. The number of hydrogen-bond donors (Lipinski definition) is 4. The van der Waals surface area contributed by atoms with Crippen molar-refractivity contribution >= 4 is 34.9 Å². The summed E-state index contributed by atoms with van der Waals surface area (Å²) in [6, 6.07) is 5.73. The van der Waals surface area contributed by atoms with Crippen LogP contribution in [0.4, 0.5) is 15.8 Å². The molecule has 0 aromatic heterocycles. The smallest absolute Gasteiger partial charge is 0.335 e. The Hall–Kier alpha value is -2.80. The number of benzene rings is 2. The first-order valence-corrected chi connectivity index (χ1v) is 6.68. The maximum atomic E-state index is 13.9. The fraction of sp³-hybridized carbons (Fsp3) is 0.0667. The fourth-order valence-corrected chi connectivity index (χ4v) is 2.22. The van der Waals surface area contributed by atoms with Gasteiger partial charge in [-0.15, -0.1) is 0 Å². The van der Waals surface area contributed by atoms with E-state index in [0.717, 1.165) is 12.1 Å². The van der Waals surface area contributed by atoms with Gasteiger partial charge in [0, 0.05) is 17.8 Å². The molecule has 0 spiro atoms. The molecule has 0 saturated carbocycles. The summed E-state index contributed by atoms with van der Waals surface area (Å²) in [4.78, 5) is 21.9. The molecule has 4 N–H and O–H groups in total. The highest BCUT2D eigenvalue weighted by Crippen LogP contribution is 2.33. The molecule has 2 rings (SSSR count). The number of aromatic hydroxyl groups is 1. The predicted molar refractivity (Wildman–Crippen MR) is 81.1 cm³/mol. The van der Waals surface area contributed by atoms with E-state index in [1.165, 1.54) is 18.2 Å². The lowest BCUT2D eigenvalue weighted by Crippen LogP contribution is -2.07. The lowest BCUT2D eigenvalue weighted by molar-refractivity contribution is -0.136. The Balaban J connectivity index is 2.47. The van der Waals surface area contributed by atoms with Crippen molar-refractivity contribution in [3.05, 3.63) is 52.3 Å². The second-order valence-electron chi connectivity index (χ2n) is 4.66. The summed E-state index contributed by atoms with van der Waals surface area (Å²) in [5.74, 6) is -3.58. The number of carboxylic acids is 2. The van der Waals surface area contributed by atoms with Gasteiger partial charge in [0.1, 0.15) is 5.75 Å². The standard InChI is InChI=1S/C15H11ClFNO5/c16-10-5-9(19)6-11(17)14(10)18-12-2-1-7(15(22)23)3-8(12)4-13(20)21/h1-3,5-6,18-19H,4H2,(H,20,21)(H,22,23). The number of phenolic OH excluding ortho intramolecular Hbond substituents is 1. The van der Waals surface area contributed by atoms with Gasteiger partial charge in [0.25, 0.3) is 0 Å². The molecule has 8 heteroatoms. The van der Waals surface area contributed by atoms with Crippen LogP contribution in [0.5, 0.6) is 5.75 Å². The summed E-state index contributed by atoms with van der Waals surface area (Å²) in [6.07, 6.45) is -0.458. The summed E-state index contributed by atoms with van der Waals surface area (Å²) >= 11 is 5.85. The van der Waals surface area contributed by atoms with Crippen molar-refractivity contribution in [1.29, 1.82) is 0 Å². The van der Waals surface area contributed by atoms with Crippen LogP contribution in [0.15, 0.2) is 30.3 Å². The first-order chi connectivity index (χ1) is 10.8. The first kappa shape index (κ1) is 16.6. The zero-order chi connectivity index (χ0) is 17.1. The number of aliphatic carboxylic acids is 1. The van der Waals surface area contributed by atoms with E-state index in [1.807, 2.05) is 0 Å². The largest absolute Gasteiger partial charge is 0.508 e. The molecule has 0 bridgehead atoms. The van der Waals surface area contributed by atoms with Crippen LogP contribution in [-0.2, 0) is 11.2 Å². The van der Waals surface area contributed by atoms with Crippen LogP contribution in [0.3, 0.4) is 0 Å². The van der Waals surface area contributed by atoms with E-state index in [0.29, 0.717) is 0 Å². The molecule has 0 aliphatic heterocycles. The number of nitrogens with one attached hydrogen (secondary N) is 1. The fourth-order valence-electron chi connectivity index (χ4n) is 1.97. The second kappa shape index (κ2) is 6.53. The highest BCUT2D eigenvalue weighted by molar-refractivity contribution is 6.33. The van der Waals surface area contributed by atoms with Crippen LogP contribution < -0.4 is 5.32 Å². The van der Waals surface area contributed by atoms with E-state index in [9.17, 15) is 19.1 Å². The van der Waals surface area contributed by atoms with Crippen molar-refractivity contribution in [2.75, 3.05) is 5.32 Å². The minimum atomic E-state index is -1.21. The van der Waals surface area contributed by atoms with Crippen LogP contribution in [0.2, 0.25) is 5.02 Å². The van der Waals surface area contributed by atoms with Crippen molar-refractivity contribution in [1.82, 2.24) is 0 Å². The molecule has 0 saturated heterocycles. The van der Waals surface area contributed by atoms with E-state index in [-0.39, 0.29) is 33.3 Å². The Morgan fingerprint density at radius 3 is 2.43 bits per heavy atom. The summed E-state index contributed by atoms with van der Waals surface area (Å²) in [7, 11) is 0. The van der Waals surface area contributed by atoms with Crippen molar-refractivity contribution in [2.24, 2.45) is 0 Å². The number of carbonyl (C=O) groups is 2. The SMILES string of the molecule is O=C(O)Cc1cc(C(=O)O)ccc1Nc1c(F)cc(O)cc1Cl. The molecule has 23 heavy (non-hydrogen) atoms. The highest BCUT2D eigenvalue weighted by Gasteiger charge is 2.15. The zero-order valence-corrected chi connectivity index (χ0v) is 12.3. The van der Waals surface area contributed by atoms with Gasteiger partial charge in [0.2, 0.25) is 0 Å².